The van der Waals surface area contributed by atoms with Crippen molar-refractivity contribution in [1.82, 2.24) is 5.32 Å². The molecular weight excluding hydrogens is 218 g/mol. The lowest BCUT2D eigenvalue weighted by Crippen LogP contribution is -2.22. The van der Waals surface area contributed by atoms with Gasteiger partial charge in [0, 0.05) is 18.8 Å². The Labute approximate surface area is 99.6 Å². The minimum Gasteiger partial charge on any atom is -0.361 e. The second kappa shape index (κ2) is 5.57. The smallest absolute Gasteiger partial charge is 0.156 e. The predicted octanol–water partition coefficient (Wildman–Crippen LogP) is 2.14. The predicted molar refractivity (Wildman–Crippen MR) is 67.4 cm³/mol. The molecule has 0 aliphatic carbocycles. The van der Waals surface area contributed by atoms with Crippen LogP contribution in [0.3, 0.4) is 0 Å². The van der Waals surface area contributed by atoms with E-state index < -0.39 is 0 Å². The minimum absolute atomic E-state index is 0.706. The van der Waals surface area contributed by atoms with E-state index in [1.54, 1.807) is 11.8 Å². The van der Waals surface area contributed by atoms with Crippen LogP contribution in [-0.2, 0) is 6.54 Å². The number of rotatable bonds is 2. The fraction of sp³-hybridized carbons (Fsp3) is 0.333. The molecule has 0 saturated heterocycles. The SMILES string of the molecule is N#Cc1cccc(CNC2=NCCCS2)c1. The van der Waals surface area contributed by atoms with E-state index in [1.165, 1.54) is 6.42 Å². The van der Waals surface area contributed by atoms with Crippen LogP contribution in [0.25, 0.3) is 0 Å². The number of nitrogens with one attached hydrogen (secondary N) is 1. The Bertz CT molecular complexity index is 434. The Kier molecular flexibility index (Phi) is 3.84. The fourth-order valence-electron chi connectivity index (χ4n) is 1.50. The van der Waals surface area contributed by atoms with Gasteiger partial charge >= 0.3 is 0 Å². The average molecular weight is 231 g/mol. The molecule has 1 aromatic rings. The summed E-state index contributed by atoms with van der Waals surface area (Å²) >= 11 is 1.77. The molecule has 1 aliphatic rings. The van der Waals surface area contributed by atoms with Crippen LogP contribution in [0.4, 0.5) is 0 Å². The molecule has 1 aliphatic heterocycles. The zero-order chi connectivity index (χ0) is 11.2. The summed E-state index contributed by atoms with van der Waals surface area (Å²) in [7, 11) is 0. The maximum Gasteiger partial charge on any atom is 0.156 e. The van der Waals surface area contributed by atoms with Crippen LogP contribution in [0.5, 0.6) is 0 Å². The van der Waals surface area contributed by atoms with E-state index in [9.17, 15) is 0 Å². The number of nitriles is 1. The van der Waals surface area contributed by atoms with Crippen LogP contribution < -0.4 is 5.32 Å². The highest BCUT2D eigenvalue weighted by atomic mass is 32.2. The summed E-state index contributed by atoms with van der Waals surface area (Å²) in [6.45, 7) is 1.66. The summed E-state index contributed by atoms with van der Waals surface area (Å²) in [6, 6.07) is 9.79. The van der Waals surface area contributed by atoms with E-state index >= 15 is 0 Å². The van der Waals surface area contributed by atoms with Crippen molar-refractivity contribution in [3.63, 3.8) is 0 Å². The first-order valence-corrected chi connectivity index (χ1v) is 6.27. The van der Waals surface area contributed by atoms with Gasteiger partial charge in [0.2, 0.25) is 0 Å². The third-order valence-electron chi connectivity index (χ3n) is 2.30. The van der Waals surface area contributed by atoms with Crippen LogP contribution in [0.1, 0.15) is 17.5 Å². The summed E-state index contributed by atoms with van der Waals surface area (Å²) in [4.78, 5) is 4.39. The number of nitrogens with zero attached hydrogens (tertiary/aromatic N) is 2. The highest BCUT2D eigenvalue weighted by Gasteiger charge is 2.04. The van der Waals surface area contributed by atoms with Crippen LogP contribution in [0.15, 0.2) is 29.3 Å². The second-order valence-electron chi connectivity index (χ2n) is 3.55. The Morgan fingerprint density at radius 1 is 1.50 bits per heavy atom. The number of benzene rings is 1. The van der Waals surface area contributed by atoms with E-state index in [2.05, 4.69) is 16.4 Å². The first-order valence-electron chi connectivity index (χ1n) is 5.28. The van der Waals surface area contributed by atoms with Gasteiger partial charge in [0.25, 0.3) is 0 Å². The molecular formula is C12H13N3S. The van der Waals surface area contributed by atoms with Crippen molar-refractivity contribution in [3.8, 4) is 6.07 Å². The topological polar surface area (TPSA) is 48.2 Å². The number of hydrogen-bond acceptors (Lipinski definition) is 4. The second-order valence-corrected chi connectivity index (χ2v) is 4.64. The molecule has 2 rings (SSSR count). The molecule has 0 fully saturated rings. The zero-order valence-corrected chi connectivity index (χ0v) is 9.76. The lowest BCUT2D eigenvalue weighted by molar-refractivity contribution is 0.880. The molecule has 0 atom stereocenters. The number of amidine groups is 1. The normalized spacial score (nSPS) is 15.1. The maximum atomic E-state index is 8.78. The van der Waals surface area contributed by atoms with Crippen molar-refractivity contribution in [2.45, 2.75) is 13.0 Å². The highest BCUT2D eigenvalue weighted by Crippen LogP contribution is 2.11. The van der Waals surface area contributed by atoms with Crippen molar-refractivity contribution < 1.29 is 0 Å². The molecule has 16 heavy (non-hydrogen) atoms. The molecule has 4 heteroatoms. The first kappa shape index (κ1) is 11.0. The van der Waals surface area contributed by atoms with Crippen molar-refractivity contribution in [2.24, 2.45) is 4.99 Å². The van der Waals surface area contributed by atoms with Crippen molar-refractivity contribution in [1.29, 1.82) is 5.26 Å². The Balaban J connectivity index is 1.94. The molecule has 0 radical (unpaired) electrons. The van der Waals surface area contributed by atoms with Gasteiger partial charge in [-0.25, -0.2) is 0 Å². The van der Waals surface area contributed by atoms with E-state index in [1.807, 2.05) is 24.3 Å². The van der Waals surface area contributed by atoms with Gasteiger partial charge in [-0.2, -0.15) is 5.26 Å². The molecule has 0 saturated carbocycles. The molecule has 1 N–H and O–H groups in total. The maximum absolute atomic E-state index is 8.78. The van der Waals surface area contributed by atoms with Crippen molar-refractivity contribution in [2.75, 3.05) is 12.3 Å². The quantitative estimate of drug-likeness (QED) is 0.848. The minimum atomic E-state index is 0.706. The molecule has 0 spiro atoms. The van der Waals surface area contributed by atoms with E-state index in [0.29, 0.717) is 5.56 Å². The summed E-state index contributed by atoms with van der Waals surface area (Å²) < 4.78 is 0. The summed E-state index contributed by atoms with van der Waals surface area (Å²) in [5.74, 6) is 1.14. The number of thioether (sulfide) groups is 1. The summed E-state index contributed by atoms with van der Waals surface area (Å²) in [5, 5.41) is 13.1. The first-order chi connectivity index (χ1) is 7.88. The molecule has 0 bridgehead atoms. The fourth-order valence-corrected chi connectivity index (χ4v) is 2.32. The third-order valence-corrected chi connectivity index (χ3v) is 3.34. The standard InChI is InChI=1S/C12H13N3S/c13-8-10-3-1-4-11(7-10)9-15-12-14-5-2-6-16-12/h1,3-4,7H,2,5-6,9H2,(H,14,15). The number of hydrogen-bond donors (Lipinski definition) is 1. The van der Waals surface area contributed by atoms with E-state index in [-0.39, 0.29) is 0 Å². The van der Waals surface area contributed by atoms with Gasteiger partial charge in [-0.15, -0.1) is 0 Å². The molecule has 0 amide bonds. The lowest BCUT2D eigenvalue weighted by Gasteiger charge is -2.13. The molecule has 3 nitrogen and oxygen atoms in total. The summed E-state index contributed by atoms with van der Waals surface area (Å²) in [6.07, 6.45) is 1.17. The van der Waals surface area contributed by atoms with Gasteiger partial charge in [0.1, 0.15) is 0 Å². The third kappa shape index (κ3) is 3.01. The van der Waals surface area contributed by atoms with Crippen molar-refractivity contribution in [3.05, 3.63) is 35.4 Å². The zero-order valence-electron chi connectivity index (χ0n) is 8.94. The monoisotopic (exact) mass is 231 g/mol. The summed E-state index contributed by atoms with van der Waals surface area (Å²) in [5.41, 5.74) is 1.82. The Morgan fingerprint density at radius 2 is 2.44 bits per heavy atom. The van der Waals surface area contributed by atoms with Gasteiger partial charge in [-0.3, -0.25) is 4.99 Å². The van der Waals surface area contributed by atoms with Crippen LogP contribution in [0, 0.1) is 11.3 Å². The molecule has 0 aromatic heterocycles. The molecule has 0 unspecified atom stereocenters. The van der Waals surface area contributed by atoms with E-state index in [0.717, 1.165) is 29.6 Å². The molecule has 82 valence electrons. The molecule has 1 heterocycles. The highest BCUT2D eigenvalue weighted by molar-refractivity contribution is 8.13. The van der Waals surface area contributed by atoms with Gasteiger partial charge in [0.15, 0.2) is 5.17 Å². The number of aliphatic imine (C=N–C) groups is 1. The van der Waals surface area contributed by atoms with Gasteiger partial charge in [-0.1, -0.05) is 23.9 Å². The molecule has 1 aromatic carbocycles. The van der Waals surface area contributed by atoms with Crippen molar-refractivity contribution >= 4 is 16.9 Å². The van der Waals surface area contributed by atoms with Crippen LogP contribution in [-0.4, -0.2) is 17.5 Å². The van der Waals surface area contributed by atoms with E-state index in [4.69, 9.17) is 5.26 Å². The lowest BCUT2D eigenvalue weighted by atomic mass is 10.1. The average Bonchev–Trinajstić information content (AvgIpc) is 2.38. The largest absolute Gasteiger partial charge is 0.361 e. The Hall–Kier alpha value is -1.47. The Morgan fingerprint density at radius 3 is 3.19 bits per heavy atom. The van der Waals surface area contributed by atoms with Gasteiger partial charge in [0.05, 0.1) is 11.6 Å². The van der Waals surface area contributed by atoms with Crippen LogP contribution in [0.2, 0.25) is 0 Å². The van der Waals surface area contributed by atoms with Gasteiger partial charge < -0.3 is 5.32 Å². The van der Waals surface area contributed by atoms with Crippen LogP contribution >= 0.6 is 11.8 Å². The van der Waals surface area contributed by atoms with Gasteiger partial charge in [-0.05, 0) is 24.1 Å².